The summed E-state index contributed by atoms with van der Waals surface area (Å²) in [6.45, 7) is 4.36. The molecule has 5 nitrogen and oxygen atoms in total. The van der Waals surface area contributed by atoms with Crippen molar-refractivity contribution in [3.8, 4) is 0 Å². The Morgan fingerprint density at radius 1 is 1.11 bits per heavy atom. The van der Waals surface area contributed by atoms with E-state index in [4.69, 9.17) is 0 Å². The molecule has 0 aromatic heterocycles. The highest BCUT2D eigenvalue weighted by atomic mass is 19.1. The number of hydrogen-bond acceptors (Lipinski definition) is 3. The number of benzene rings is 2. The molecule has 3 rings (SSSR count). The third-order valence-electron chi connectivity index (χ3n) is 4.66. The highest BCUT2D eigenvalue weighted by Crippen LogP contribution is 2.29. The van der Waals surface area contributed by atoms with Gasteiger partial charge in [-0.3, -0.25) is 9.59 Å². The second-order valence-electron chi connectivity index (χ2n) is 6.61. The molecule has 2 N–H and O–H groups in total. The molecule has 0 radical (unpaired) electrons. The van der Waals surface area contributed by atoms with E-state index in [1.54, 1.807) is 17.0 Å². The summed E-state index contributed by atoms with van der Waals surface area (Å²) in [5.41, 5.74) is 0.749. The van der Waals surface area contributed by atoms with Crippen molar-refractivity contribution in [1.29, 1.82) is 0 Å². The van der Waals surface area contributed by atoms with Gasteiger partial charge in [-0.05, 0) is 49.2 Å². The minimum absolute atomic E-state index is 0.170. The van der Waals surface area contributed by atoms with Gasteiger partial charge in [0.1, 0.15) is 11.6 Å². The summed E-state index contributed by atoms with van der Waals surface area (Å²) in [6, 6.07) is 9.84. The Labute approximate surface area is 162 Å². The fourth-order valence-corrected chi connectivity index (χ4v) is 3.19. The number of nitrogens with one attached hydrogen (secondary N) is 2. The number of rotatable bonds is 5. The Balaban J connectivity index is 1.76. The Hall–Kier alpha value is -3.22. The Morgan fingerprint density at radius 2 is 1.89 bits per heavy atom. The molecule has 1 saturated heterocycles. The number of anilines is 3. The molecule has 2 amide bonds. The molecule has 1 heterocycles. The van der Waals surface area contributed by atoms with Crippen molar-refractivity contribution >= 4 is 28.9 Å². The fraction of sp³-hybridized carbons (Fsp3) is 0.238. The molecular weight excluding hydrogens is 364 g/mol. The van der Waals surface area contributed by atoms with E-state index in [-0.39, 0.29) is 29.1 Å². The predicted octanol–water partition coefficient (Wildman–Crippen LogP) is 4.07. The molecule has 0 bridgehead atoms. The van der Waals surface area contributed by atoms with Crippen molar-refractivity contribution < 1.29 is 18.4 Å². The van der Waals surface area contributed by atoms with Crippen LogP contribution in [0.4, 0.5) is 25.8 Å². The Kier molecular flexibility index (Phi) is 6.03. The summed E-state index contributed by atoms with van der Waals surface area (Å²) in [6.07, 6.45) is 2.59. The molecule has 0 spiro atoms. The van der Waals surface area contributed by atoms with E-state index in [0.717, 1.165) is 0 Å². The molecule has 1 aliphatic rings. The van der Waals surface area contributed by atoms with Crippen LogP contribution in [-0.2, 0) is 9.59 Å². The average molecular weight is 385 g/mol. The number of amides is 2. The standard InChI is InChI=1S/C21H21F2N3O2/c1-2-20(27)26-11-5-6-14(13-26)21(28)25-18-10-9-15(22)12-19(18)24-17-8-4-3-7-16(17)23/h2-4,7-10,12,14,24H,1,5-6,11,13H2,(H,25,28). The van der Waals surface area contributed by atoms with E-state index in [1.165, 1.54) is 36.4 Å². The molecule has 146 valence electrons. The summed E-state index contributed by atoms with van der Waals surface area (Å²) in [7, 11) is 0. The fourth-order valence-electron chi connectivity index (χ4n) is 3.19. The molecule has 1 fully saturated rings. The first-order valence-corrected chi connectivity index (χ1v) is 9.01. The molecule has 0 aliphatic carbocycles. The van der Waals surface area contributed by atoms with Crippen molar-refractivity contribution in [2.24, 2.45) is 5.92 Å². The van der Waals surface area contributed by atoms with Crippen LogP contribution in [0.15, 0.2) is 55.1 Å². The second kappa shape index (κ2) is 8.65. The molecular formula is C21H21F2N3O2. The molecule has 28 heavy (non-hydrogen) atoms. The monoisotopic (exact) mass is 385 g/mol. The summed E-state index contributed by atoms with van der Waals surface area (Å²) in [4.78, 5) is 26.1. The first-order chi connectivity index (χ1) is 13.5. The topological polar surface area (TPSA) is 61.4 Å². The lowest BCUT2D eigenvalue weighted by molar-refractivity contribution is -0.130. The summed E-state index contributed by atoms with van der Waals surface area (Å²) in [5, 5.41) is 5.59. The number of carbonyl (C=O) groups is 2. The van der Waals surface area contributed by atoms with Crippen molar-refractivity contribution in [1.82, 2.24) is 4.90 Å². The molecule has 1 unspecified atom stereocenters. The lowest BCUT2D eigenvalue weighted by atomic mass is 9.97. The SMILES string of the molecule is C=CC(=O)N1CCCC(C(=O)Nc2ccc(F)cc2Nc2ccccc2F)C1. The van der Waals surface area contributed by atoms with Gasteiger partial charge in [-0.25, -0.2) is 8.78 Å². The minimum Gasteiger partial charge on any atom is -0.351 e. The van der Waals surface area contributed by atoms with E-state index in [2.05, 4.69) is 17.2 Å². The largest absolute Gasteiger partial charge is 0.351 e. The smallest absolute Gasteiger partial charge is 0.245 e. The van der Waals surface area contributed by atoms with Crippen LogP contribution in [0.5, 0.6) is 0 Å². The number of para-hydroxylation sites is 1. The van der Waals surface area contributed by atoms with Gasteiger partial charge in [0.25, 0.3) is 0 Å². The highest BCUT2D eigenvalue weighted by molar-refractivity contribution is 5.97. The molecule has 1 atom stereocenters. The number of likely N-dealkylation sites (tertiary alicyclic amines) is 1. The van der Waals surface area contributed by atoms with Gasteiger partial charge in [0.2, 0.25) is 11.8 Å². The Morgan fingerprint density at radius 3 is 2.64 bits per heavy atom. The maximum absolute atomic E-state index is 13.9. The van der Waals surface area contributed by atoms with Crippen LogP contribution in [0.1, 0.15) is 12.8 Å². The minimum atomic E-state index is -0.516. The van der Waals surface area contributed by atoms with Gasteiger partial charge in [-0.15, -0.1) is 0 Å². The number of carbonyl (C=O) groups excluding carboxylic acids is 2. The third kappa shape index (κ3) is 4.54. The summed E-state index contributed by atoms with van der Waals surface area (Å²) < 4.78 is 27.6. The third-order valence-corrected chi connectivity index (χ3v) is 4.66. The van der Waals surface area contributed by atoms with Crippen molar-refractivity contribution in [3.63, 3.8) is 0 Å². The number of nitrogens with zero attached hydrogens (tertiary/aromatic N) is 1. The highest BCUT2D eigenvalue weighted by Gasteiger charge is 2.28. The maximum atomic E-state index is 13.9. The average Bonchev–Trinajstić information content (AvgIpc) is 2.71. The first kappa shape index (κ1) is 19.5. The molecule has 2 aromatic carbocycles. The first-order valence-electron chi connectivity index (χ1n) is 9.01. The van der Waals surface area contributed by atoms with Crippen molar-refractivity contribution in [2.75, 3.05) is 23.7 Å². The van der Waals surface area contributed by atoms with E-state index in [0.29, 0.717) is 31.6 Å². The lowest BCUT2D eigenvalue weighted by Gasteiger charge is -2.31. The zero-order valence-corrected chi connectivity index (χ0v) is 15.3. The number of halogens is 2. The van der Waals surface area contributed by atoms with Crippen molar-refractivity contribution in [2.45, 2.75) is 12.8 Å². The van der Waals surface area contributed by atoms with E-state index in [9.17, 15) is 18.4 Å². The van der Waals surface area contributed by atoms with Gasteiger partial charge in [0, 0.05) is 13.1 Å². The van der Waals surface area contributed by atoms with Crippen LogP contribution >= 0.6 is 0 Å². The van der Waals surface area contributed by atoms with E-state index in [1.807, 2.05) is 0 Å². The molecule has 2 aromatic rings. The zero-order valence-electron chi connectivity index (χ0n) is 15.3. The number of piperidine rings is 1. The lowest BCUT2D eigenvalue weighted by Crippen LogP contribution is -2.43. The van der Waals surface area contributed by atoms with Crippen molar-refractivity contribution in [3.05, 3.63) is 66.8 Å². The van der Waals surface area contributed by atoms with Gasteiger partial charge in [0.15, 0.2) is 0 Å². The summed E-state index contributed by atoms with van der Waals surface area (Å²) >= 11 is 0. The second-order valence-corrected chi connectivity index (χ2v) is 6.61. The number of hydrogen-bond donors (Lipinski definition) is 2. The van der Waals surface area contributed by atoms with Gasteiger partial charge >= 0.3 is 0 Å². The van der Waals surface area contributed by atoms with E-state index < -0.39 is 11.6 Å². The zero-order chi connectivity index (χ0) is 20.1. The molecule has 0 saturated carbocycles. The quantitative estimate of drug-likeness (QED) is 0.763. The Bertz CT molecular complexity index is 901. The normalized spacial score (nSPS) is 16.4. The van der Waals surface area contributed by atoms with E-state index >= 15 is 0 Å². The van der Waals surface area contributed by atoms with Crippen LogP contribution in [0.2, 0.25) is 0 Å². The van der Waals surface area contributed by atoms with Gasteiger partial charge in [-0.2, -0.15) is 0 Å². The summed E-state index contributed by atoms with van der Waals surface area (Å²) in [5.74, 6) is -1.87. The molecule has 7 heteroatoms. The van der Waals surface area contributed by atoms with Crippen LogP contribution in [0.25, 0.3) is 0 Å². The van der Waals surface area contributed by atoms with Crippen LogP contribution in [-0.4, -0.2) is 29.8 Å². The predicted molar refractivity (Wildman–Crippen MR) is 104 cm³/mol. The van der Waals surface area contributed by atoms with Gasteiger partial charge in [0.05, 0.1) is 23.0 Å². The van der Waals surface area contributed by atoms with Gasteiger partial charge < -0.3 is 15.5 Å². The van der Waals surface area contributed by atoms with Crippen LogP contribution in [0.3, 0.4) is 0 Å². The van der Waals surface area contributed by atoms with Crippen LogP contribution in [0, 0.1) is 17.6 Å². The van der Waals surface area contributed by atoms with Crippen LogP contribution < -0.4 is 10.6 Å². The maximum Gasteiger partial charge on any atom is 0.245 e. The van der Waals surface area contributed by atoms with Gasteiger partial charge in [-0.1, -0.05) is 18.7 Å². The molecule has 1 aliphatic heterocycles.